The van der Waals surface area contributed by atoms with Gasteiger partial charge < -0.3 is 9.68 Å². The van der Waals surface area contributed by atoms with Crippen LogP contribution in [0.2, 0.25) is 0 Å². The molecule has 0 unspecified atom stereocenters. The van der Waals surface area contributed by atoms with E-state index in [2.05, 4.69) is 60.7 Å². The average molecular weight is 297 g/mol. The maximum atomic E-state index is 8.72. The zero-order chi connectivity index (χ0) is 15.6. The lowest BCUT2D eigenvalue weighted by molar-refractivity contribution is 0.454. The Balaban J connectivity index is 1.79. The molecule has 0 bridgehead atoms. The van der Waals surface area contributed by atoms with Gasteiger partial charge in [0.1, 0.15) is 5.75 Å². The SMILES string of the molecule is O[B]Oc1ccc2cc(-c3ccc4ccccc4c3)ccc2c1. The third-order valence-electron chi connectivity index (χ3n) is 4.08. The van der Waals surface area contributed by atoms with Crippen molar-refractivity contribution in [2.24, 2.45) is 0 Å². The standard InChI is InChI=1S/C20H14BO2/c22-21-23-20-10-9-18-12-17(7-8-19(18)13-20)16-6-5-14-3-1-2-4-15(14)11-16/h1-13,22H. The molecule has 1 N–H and O–H groups in total. The average Bonchev–Trinajstić information content (AvgIpc) is 2.61. The maximum absolute atomic E-state index is 8.72. The van der Waals surface area contributed by atoms with Gasteiger partial charge in [-0.2, -0.15) is 0 Å². The molecule has 1 radical (unpaired) electrons. The molecule has 4 aromatic carbocycles. The molecule has 0 aliphatic rings. The van der Waals surface area contributed by atoms with E-state index in [1.54, 1.807) is 0 Å². The second kappa shape index (κ2) is 5.78. The van der Waals surface area contributed by atoms with Crippen molar-refractivity contribution in [3.05, 3.63) is 78.9 Å². The van der Waals surface area contributed by atoms with Gasteiger partial charge in [-0.05, 0) is 56.9 Å². The quantitative estimate of drug-likeness (QED) is 0.561. The van der Waals surface area contributed by atoms with Crippen LogP contribution in [0.5, 0.6) is 5.75 Å². The highest BCUT2D eigenvalue weighted by Crippen LogP contribution is 2.29. The van der Waals surface area contributed by atoms with Gasteiger partial charge in [-0.3, -0.25) is 0 Å². The minimum Gasteiger partial charge on any atom is -0.537 e. The minimum absolute atomic E-state index is 0.624. The summed E-state index contributed by atoms with van der Waals surface area (Å²) in [5.74, 6) is 0.624. The van der Waals surface area contributed by atoms with Crippen LogP contribution >= 0.6 is 0 Å². The predicted molar refractivity (Wildman–Crippen MR) is 95.5 cm³/mol. The zero-order valence-electron chi connectivity index (χ0n) is 12.4. The van der Waals surface area contributed by atoms with Crippen molar-refractivity contribution in [1.82, 2.24) is 0 Å². The molecule has 0 aliphatic carbocycles. The van der Waals surface area contributed by atoms with Crippen LogP contribution in [0.25, 0.3) is 32.7 Å². The summed E-state index contributed by atoms with van der Waals surface area (Å²) in [6.45, 7) is 0. The molecule has 0 fully saturated rings. The van der Waals surface area contributed by atoms with Crippen molar-refractivity contribution >= 4 is 29.2 Å². The number of fused-ring (bicyclic) bond motifs is 2. The van der Waals surface area contributed by atoms with Gasteiger partial charge in [-0.25, -0.2) is 0 Å². The molecule has 3 heteroatoms. The second-order valence-corrected chi connectivity index (χ2v) is 5.51. The Labute approximate surface area is 135 Å². The maximum Gasteiger partial charge on any atom is 0.569 e. The fraction of sp³-hybridized carbons (Fsp3) is 0. The van der Waals surface area contributed by atoms with Gasteiger partial charge in [0.25, 0.3) is 0 Å². The highest BCUT2D eigenvalue weighted by atomic mass is 16.5. The number of hydrogen-bond acceptors (Lipinski definition) is 2. The Morgan fingerprint density at radius 3 is 1.91 bits per heavy atom. The summed E-state index contributed by atoms with van der Waals surface area (Å²) in [5.41, 5.74) is 2.39. The van der Waals surface area contributed by atoms with E-state index in [9.17, 15) is 0 Å². The highest BCUT2D eigenvalue weighted by Gasteiger charge is 2.03. The van der Waals surface area contributed by atoms with Gasteiger partial charge in [0.2, 0.25) is 0 Å². The van der Waals surface area contributed by atoms with Crippen molar-refractivity contribution < 1.29 is 9.68 Å². The van der Waals surface area contributed by atoms with Gasteiger partial charge in [-0.1, -0.05) is 54.6 Å². The van der Waals surface area contributed by atoms with Crippen LogP contribution in [0.3, 0.4) is 0 Å². The first kappa shape index (κ1) is 13.9. The summed E-state index contributed by atoms with van der Waals surface area (Å²) in [6.07, 6.45) is 0. The van der Waals surface area contributed by atoms with Gasteiger partial charge in [0, 0.05) is 0 Å². The summed E-state index contributed by atoms with van der Waals surface area (Å²) in [7, 11) is 0.699. The summed E-state index contributed by atoms with van der Waals surface area (Å²) < 4.78 is 5.01. The smallest absolute Gasteiger partial charge is 0.537 e. The molecule has 2 nitrogen and oxygen atoms in total. The molecular weight excluding hydrogens is 283 g/mol. The van der Waals surface area contributed by atoms with Crippen LogP contribution in [0.15, 0.2) is 78.9 Å². The van der Waals surface area contributed by atoms with E-state index in [-0.39, 0.29) is 0 Å². The Bertz CT molecular complexity index is 995. The molecule has 4 rings (SSSR count). The summed E-state index contributed by atoms with van der Waals surface area (Å²) in [6, 6.07) is 27.0. The lowest BCUT2D eigenvalue weighted by Crippen LogP contribution is -1.99. The molecule has 23 heavy (non-hydrogen) atoms. The van der Waals surface area contributed by atoms with Crippen molar-refractivity contribution in [2.75, 3.05) is 0 Å². The highest BCUT2D eigenvalue weighted by molar-refractivity contribution is 6.17. The molecule has 0 aromatic heterocycles. The van der Waals surface area contributed by atoms with Crippen LogP contribution in [0.4, 0.5) is 0 Å². The van der Waals surface area contributed by atoms with E-state index in [0.717, 1.165) is 10.8 Å². The van der Waals surface area contributed by atoms with Crippen molar-refractivity contribution in [1.29, 1.82) is 0 Å². The largest absolute Gasteiger partial charge is 0.569 e. The lowest BCUT2D eigenvalue weighted by Gasteiger charge is -2.08. The van der Waals surface area contributed by atoms with E-state index in [0.29, 0.717) is 13.4 Å². The van der Waals surface area contributed by atoms with Crippen molar-refractivity contribution in [3.8, 4) is 16.9 Å². The first-order valence-electron chi connectivity index (χ1n) is 7.49. The Kier molecular flexibility index (Phi) is 3.49. The van der Waals surface area contributed by atoms with Crippen LogP contribution in [0.1, 0.15) is 0 Å². The number of rotatable bonds is 3. The molecule has 109 valence electrons. The molecule has 0 amide bonds. The fourth-order valence-corrected chi connectivity index (χ4v) is 2.91. The zero-order valence-corrected chi connectivity index (χ0v) is 12.4. The molecular formula is C20H14BO2. The van der Waals surface area contributed by atoms with E-state index in [1.807, 2.05) is 18.2 Å². The van der Waals surface area contributed by atoms with E-state index in [1.165, 1.54) is 21.9 Å². The third-order valence-corrected chi connectivity index (χ3v) is 4.08. The molecule has 0 saturated heterocycles. The summed E-state index contributed by atoms with van der Waals surface area (Å²) in [5, 5.41) is 13.4. The summed E-state index contributed by atoms with van der Waals surface area (Å²) >= 11 is 0. The van der Waals surface area contributed by atoms with E-state index < -0.39 is 0 Å². The first-order valence-corrected chi connectivity index (χ1v) is 7.49. The normalized spacial score (nSPS) is 10.8. The number of hydrogen-bond donors (Lipinski definition) is 1. The van der Waals surface area contributed by atoms with Crippen LogP contribution in [-0.4, -0.2) is 12.7 Å². The monoisotopic (exact) mass is 297 g/mol. The molecule has 0 heterocycles. The van der Waals surface area contributed by atoms with Gasteiger partial charge in [0.15, 0.2) is 0 Å². The van der Waals surface area contributed by atoms with Gasteiger partial charge >= 0.3 is 7.69 Å². The van der Waals surface area contributed by atoms with Crippen molar-refractivity contribution in [3.63, 3.8) is 0 Å². The van der Waals surface area contributed by atoms with Crippen molar-refractivity contribution in [2.45, 2.75) is 0 Å². The third kappa shape index (κ3) is 2.67. The van der Waals surface area contributed by atoms with Gasteiger partial charge in [-0.15, -0.1) is 0 Å². The Hall–Kier alpha value is -2.78. The molecule has 0 saturated carbocycles. The van der Waals surface area contributed by atoms with E-state index in [4.69, 9.17) is 9.68 Å². The summed E-state index contributed by atoms with van der Waals surface area (Å²) in [4.78, 5) is 0. The Morgan fingerprint density at radius 2 is 1.17 bits per heavy atom. The topological polar surface area (TPSA) is 29.5 Å². The van der Waals surface area contributed by atoms with Crippen LogP contribution in [0, 0.1) is 0 Å². The lowest BCUT2D eigenvalue weighted by atomic mass is 9.98. The Morgan fingerprint density at radius 1 is 0.609 bits per heavy atom. The molecule has 4 aromatic rings. The molecule has 0 aliphatic heterocycles. The van der Waals surface area contributed by atoms with Gasteiger partial charge in [0.05, 0.1) is 0 Å². The number of benzene rings is 4. The fourth-order valence-electron chi connectivity index (χ4n) is 2.91. The predicted octanol–water partition coefficient (Wildman–Crippen LogP) is 4.57. The van der Waals surface area contributed by atoms with Crippen LogP contribution < -0.4 is 4.65 Å². The molecule has 0 spiro atoms. The second-order valence-electron chi connectivity index (χ2n) is 5.51. The van der Waals surface area contributed by atoms with E-state index >= 15 is 0 Å². The van der Waals surface area contributed by atoms with Crippen LogP contribution in [-0.2, 0) is 0 Å². The molecule has 0 atom stereocenters. The first-order chi connectivity index (χ1) is 11.3. The minimum atomic E-state index is 0.624.